The van der Waals surface area contributed by atoms with Crippen molar-refractivity contribution in [2.45, 2.75) is 39.5 Å². The molecule has 0 radical (unpaired) electrons. The van der Waals surface area contributed by atoms with Crippen LogP contribution < -0.4 is 5.32 Å². The van der Waals surface area contributed by atoms with Crippen molar-refractivity contribution in [2.75, 3.05) is 6.54 Å². The molecule has 0 saturated heterocycles. The normalized spacial score (nSPS) is 14.0. The number of aryl methyl sites for hydroxylation is 1. The van der Waals surface area contributed by atoms with Crippen LogP contribution >= 0.6 is 0 Å². The first-order valence-electron chi connectivity index (χ1n) is 8.58. The number of aliphatic hydroxyl groups is 1. The molecule has 0 bridgehead atoms. The quantitative estimate of drug-likeness (QED) is 0.720. The van der Waals surface area contributed by atoms with Crippen LogP contribution in [0.2, 0.25) is 0 Å². The molecule has 0 aliphatic rings. The highest BCUT2D eigenvalue weighted by molar-refractivity contribution is 5.85. The average molecular weight is 322 g/mol. The van der Waals surface area contributed by atoms with Crippen molar-refractivity contribution in [1.29, 1.82) is 0 Å². The molecule has 3 aromatic rings. The van der Waals surface area contributed by atoms with Crippen molar-refractivity contribution in [3.05, 3.63) is 71.4 Å². The molecule has 0 aliphatic heterocycles. The van der Waals surface area contributed by atoms with Gasteiger partial charge in [-0.1, -0.05) is 48.5 Å². The fourth-order valence-electron chi connectivity index (χ4n) is 3.29. The van der Waals surface area contributed by atoms with E-state index in [1.165, 1.54) is 27.7 Å². The van der Waals surface area contributed by atoms with Crippen LogP contribution in [0.25, 0.3) is 10.9 Å². The first-order chi connectivity index (χ1) is 11.6. The lowest BCUT2D eigenvalue weighted by Crippen LogP contribution is -2.32. The standard InChI is InChI=1S/C21H26N2O/c1-15-17(3)23(21-12-8-7-11-20(15)21)14-19(24)13-22-16(2)18-9-5-4-6-10-18/h4-12,16,19,22,24H,13-14H2,1-3H3/t16-,19+/m1/s1. The van der Waals surface area contributed by atoms with Gasteiger partial charge in [0.05, 0.1) is 12.6 Å². The number of hydrogen-bond donors (Lipinski definition) is 2. The van der Waals surface area contributed by atoms with Crippen molar-refractivity contribution in [3.8, 4) is 0 Å². The highest BCUT2D eigenvalue weighted by Gasteiger charge is 2.14. The van der Waals surface area contributed by atoms with Crippen LogP contribution in [0.4, 0.5) is 0 Å². The van der Waals surface area contributed by atoms with Crippen LogP contribution in [0.5, 0.6) is 0 Å². The van der Waals surface area contributed by atoms with Gasteiger partial charge in [-0.25, -0.2) is 0 Å². The molecule has 126 valence electrons. The van der Waals surface area contributed by atoms with Crippen molar-refractivity contribution >= 4 is 10.9 Å². The Hall–Kier alpha value is -2.10. The number of benzene rings is 2. The molecule has 1 aromatic heterocycles. The van der Waals surface area contributed by atoms with Gasteiger partial charge in [0.15, 0.2) is 0 Å². The van der Waals surface area contributed by atoms with Crippen LogP contribution in [0.3, 0.4) is 0 Å². The SMILES string of the molecule is Cc1c(C)n(C[C@@H](O)CN[C@H](C)c2ccccc2)c2ccccc12. The van der Waals surface area contributed by atoms with Gasteiger partial charge in [-0.3, -0.25) is 0 Å². The smallest absolute Gasteiger partial charge is 0.0843 e. The van der Waals surface area contributed by atoms with Crippen LogP contribution in [-0.4, -0.2) is 22.3 Å². The number of rotatable bonds is 6. The summed E-state index contributed by atoms with van der Waals surface area (Å²) in [7, 11) is 0. The summed E-state index contributed by atoms with van der Waals surface area (Å²) in [5.74, 6) is 0. The van der Waals surface area contributed by atoms with E-state index in [0.29, 0.717) is 13.1 Å². The van der Waals surface area contributed by atoms with E-state index in [4.69, 9.17) is 0 Å². The zero-order chi connectivity index (χ0) is 17.1. The number of hydrogen-bond acceptors (Lipinski definition) is 2. The van der Waals surface area contributed by atoms with Gasteiger partial charge in [0, 0.05) is 29.2 Å². The summed E-state index contributed by atoms with van der Waals surface area (Å²) < 4.78 is 2.23. The molecule has 1 heterocycles. The predicted molar refractivity (Wildman–Crippen MR) is 100 cm³/mol. The van der Waals surface area contributed by atoms with Gasteiger partial charge < -0.3 is 15.0 Å². The van der Waals surface area contributed by atoms with E-state index in [9.17, 15) is 5.11 Å². The first kappa shape index (κ1) is 16.7. The summed E-state index contributed by atoms with van der Waals surface area (Å²) in [6.07, 6.45) is -0.426. The van der Waals surface area contributed by atoms with Gasteiger partial charge in [-0.05, 0) is 38.0 Å². The summed E-state index contributed by atoms with van der Waals surface area (Å²) in [5, 5.41) is 15.2. The number of aliphatic hydroxyl groups excluding tert-OH is 1. The van der Waals surface area contributed by atoms with Crippen molar-refractivity contribution in [2.24, 2.45) is 0 Å². The monoisotopic (exact) mass is 322 g/mol. The molecule has 3 heteroatoms. The van der Waals surface area contributed by atoms with Gasteiger partial charge in [0.25, 0.3) is 0 Å². The maximum Gasteiger partial charge on any atom is 0.0843 e. The Balaban J connectivity index is 1.67. The maximum atomic E-state index is 10.5. The van der Waals surface area contributed by atoms with Crippen LogP contribution in [0.15, 0.2) is 54.6 Å². The molecule has 3 nitrogen and oxygen atoms in total. The summed E-state index contributed by atoms with van der Waals surface area (Å²) >= 11 is 0. The molecule has 3 rings (SSSR count). The third kappa shape index (κ3) is 3.37. The van der Waals surface area contributed by atoms with Gasteiger partial charge in [0.2, 0.25) is 0 Å². The molecule has 0 unspecified atom stereocenters. The Bertz CT molecular complexity index is 807. The van der Waals surface area contributed by atoms with Gasteiger partial charge in [0.1, 0.15) is 0 Å². The molecule has 2 aromatic carbocycles. The fraction of sp³-hybridized carbons (Fsp3) is 0.333. The second-order valence-electron chi connectivity index (χ2n) is 6.53. The molecular weight excluding hydrogens is 296 g/mol. The van der Waals surface area contributed by atoms with Crippen molar-refractivity contribution in [1.82, 2.24) is 9.88 Å². The minimum absolute atomic E-state index is 0.227. The number of nitrogens with one attached hydrogen (secondary N) is 1. The third-order valence-corrected chi connectivity index (χ3v) is 4.90. The molecule has 0 spiro atoms. The lowest BCUT2D eigenvalue weighted by Gasteiger charge is -2.19. The van der Waals surface area contributed by atoms with E-state index in [2.05, 4.69) is 67.1 Å². The Kier molecular flexibility index (Phi) is 5.03. The highest BCUT2D eigenvalue weighted by atomic mass is 16.3. The van der Waals surface area contributed by atoms with Gasteiger partial charge in [-0.15, -0.1) is 0 Å². The first-order valence-corrected chi connectivity index (χ1v) is 8.58. The summed E-state index contributed by atoms with van der Waals surface area (Å²) in [5.41, 5.74) is 4.96. The maximum absolute atomic E-state index is 10.5. The van der Waals surface area contributed by atoms with E-state index in [1.54, 1.807) is 0 Å². The molecule has 0 fully saturated rings. The predicted octanol–water partition coefficient (Wildman–Crippen LogP) is 3.97. The van der Waals surface area contributed by atoms with Crippen molar-refractivity contribution < 1.29 is 5.11 Å². The van der Waals surface area contributed by atoms with E-state index in [-0.39, 0.29) is 6.04 Å². The Morgan fingerprint density at radius 1 is 1.00 bits per heavy atom. The Labute approximate surface area is 143 Å². The Morgan fingerprint density at radius 3 is 2.42 bits per heavy atom. The fourth-order valence-corrected chi connectivity index (χ4v) is 3.29. The number of fused-ring (bicyclic) bond motifs is 1. The number of para-hydroxylation sites is 1. The molecule has 24 heavy (non-hydrogen) atoms. The van der Waals surface area contributed by atoms with E-state index < -0.39 is 6.10 Å². The lowest BCUT2D eigenvalue weighted by molar-refractivity contribution is 0.149. The highest BCUT2D eigenvalue weighted by Crippen LogP contribution is 2.25. The largest absolute Gasteiger partial charge is 0.390 e. The summed E-state index contributed by atoms with van der Waals surface area (Å²) in [4.78, 5) is 0. The zero-order valence-electron chi connectivity index (χ0n) is 14.7. The van der Waals surface area contributed by atoms with Crippen molar-refractivity contribution in [3.63, 3.8) is 0 Å². The Morgan fingerprint density at radius 2 is 1.67 bits per heavy atom. The zero-order valence-corrected chi connectivity index (χ0v) is 14.7. The summed E-state index contributed by atoms with van der Waals surface area (Å²) in [6, 6.07) is 19.0. The average Bonchev–Trinajstić information content (AvgIpc) is 2.86. The van der Waals surface area contributed by atoms with Crippen LogP contribution in [0.1, 0.15) is 29.8 Å². The lowest BCUT2D eigenvalue weighted by atomic mass is 10.1. The molecule has 2 N–H and O–H groups in total. The molecule has 0 aliphatic carbocycles. The second kappa shape index (κ2) is 7.20. The molecule has 0 amide bonds. The van der Waals surface area contributed by atoms with E-state index >= 15 is 0 Å². The van der Waals surface area contributed by atoms with E-state index in [0.717, 1.165) is 0 Å². The minimum atomic E-state index is -0.426. The van der Waals surface area contributed by atoms with Gasteiger partial charge in [-0.2, -0.15) is 0 Å². The summed E-state index contributed by atoms with van der Waals surface area (Å²) in [6.45, 7) is 7.58. The van der Waals surface area contributed by atoms with E-state index in [1.807, 2.05) is 18.2 Å². The van der Waals surface area contributed by atoms with Crippen LogP contribution in [-0.2, 0) is 6.54 Å². The topological polar surface area (TPSA) is 37.2 Å². The van der Waals surface area contributed by atoms with Crippen LogP contribution in [0, 0.1) is 13.8 Å². The molecule has 0 saturated carbocycles. The minimum Gasteiger partial charge on any atom is -0.390 e. The number of aromatic nitrogens is 1. The third-order valence-electron chi connectivity index (χ3n) is 4.90. The number of nitrogens with zero attached hydrogens (tertiary/aromatic N) is 1. The molecular formula is C21H26N2O. The second-order valence-corrected chi connectivity index (χ2v) is 6.53. The molecule has 2 atom stereocenters. The van der Waals surface area contributed by atoms with Gasteiger partial charge >= 0.3 is 0 Å².